The molecular weight excluding hydrogens is 333 g/mol. The molecule has 2 rings (SSSR count). The van der Waals surface area contributed by atoms with E-state index >= 15 is 0 Å². The number of benzene rings is 2. The molecule has 2 aromatic carbocycles. The molecule has 0 fully saturated rings. The normalized spacial score (nSPS) is 10.7. The van der Waals surface area contributed by atoms with Gasteiger partial charge in [-0.05, 0) is 18.2 Å². The van der Waals surface area contributed by atoms with Crippen molar-refractivity contribution in [2.75, 3.05) is 27.4 Å². The fourth-order valence-electron chi connectivity index (χ4n) is 2.24. The average molecular weight is 354 g/mol. The highest BCUT2D eigenvalue weighted by Gasteiger charge is 2.13. The van der Waals surface area contributed by atoms with E-state index < -0.39 is 5.82 Å². The van der Waals surface area contributed by atoms with Gasteiger partial charge in [-0.15, -0.1) is 0 Å². The van der Waals surface area contributed by atoms with Crippen LogP contribution in [-0.2, 0) is 17.9 Å². The maximum Gasteiger partial charge on any atom is 0.166 e. The minimum Gasteiger partial charge on any atom is -0.493 e. The lowest BCUT2D eigenvalue weighted by molar-refractivity contribution is 0.199. The van der Waals surface area contributed by atoms with Crippen molar-refractivity contribution in [3.05, 3.63) is 58.4 Å². The molecule has 0 bridgehead atoms. The first-order chi connectivity index (χ1) is 11.7. The van der Waals surface area contributed by atoms with E-state index in [1.54, 1.807) is 32.4 Å². The molecule has 0 amide bonds. The number of hydrogen-bond acceptors (Lipinski definition) is 4. The Bertz CT molecular complexity index is 646. The monoisotopic (exact) mass is 353 g/mol. The summed E-state index contributed by atoms with van der Waals surface area (Å²) in [5, 5.41) is 3.59. The van der Waals surface area contributed by atoms with Crippen molar-refractivity contribution < 1.29 is 18.6 Å². The van der Waals surface area contributed by atoms with Crippen LogP contribution < -0.4 is 14.8 Å². The van der Waals surface area contributed by atoms with Crippen LogP contribution in [0.4, 0.5) is 4.39 Å². The molecule has 0 aliphatic rings. The lowest BCUT2D eigenvalue weighted by Gasteiger charge is -2.16. The molecule has 24 heavy (non-hydrogen) atoms. The van der Waals surface area contributed by atoms with Crippen LogP contribution in [0.3, 0.4) is 0 Å². The fraction of sp³-hybridized carbons (Fsp3) is 0.333. The molecule has 2 aromatic rings. The van der Waals surface area contributed by atoms with Gasteiger partial charge in [0.15, 0.2) is 11.5 Å². The molecular formula is C18H21ClFNO3. The zero-order chi connectivity index (χ0) is 17.4. The van der Waals surface area contributed by atoms with E-state index in [-0.39, 0.29) is 6.61 Å². The van der Waals surface area contributed by atoms with E-state index in [1.807, 2.05) is 12.1 Å². The van der Waals surface area contributed by atoms with E-state index in [9.17, 15) is 4.39 Å². The fourth-order valence-corrected chi connectivity index (χ4v) is 2.45. The third-order valence-corrected chi connectivity index (χ3v) is 3.86. The SMILES string of the molecule is COCCNCc1cccc(OC)c1OCc1c(F)cccc1Cl. The molecule has 0 saturated carbocycles. The molecule has 0 saturated heterocycles. The van der Waals surface area contributed by atoms with E-state index in [4.69, 9.17) is 25.8 Å². The highest BCUT2D eigenvalue weighted by Crippen LogP contribution is 2.32. The number of para-hydroxylation sites is 1. The Balaban J connectivity index is 2.15. The molecule has 1 N–H and O–H groups in total. The van der Waals surface area contributed by atoms with Crippen LogP contribution in [0, 0.1) is 5.82 Å². The Morgan fingerprint density at radius 3 is 2.62 bits per heavy atom. The number of nitrogens with one attached hydrogen (secondary N) is 1. The number of halogens is 2. The van der Waals surface area contributed by atoms with Gasteiger partial charge in [-0.3, -0.25) is 0 Å². The van der Waals surface area contributed by atoms with Gasteiger partial charge >= 0.3 is 0 Å². The van der Waals surface area contributed by atoms with Gasteiger partial charge in [0.25, 0.3) is 0 Å². The smallest absolute Gasteiger partial charge is 0.166 e. The molecule has 0 heterocycles. The van der Waals surface area contributed by atoms with Crippen LogP contribution in [-0.4, -0.2) is 27.4 Å². The zero-order valence-electron chi connectivity index (χ0n) is 13.8. The number of methoxy groups -OCH3 is 2. The van der Waals surface area contributed by atoms with E-state index in [0.29, 0.717) is 41.8 Å². The molecule has 0 radical (unpaired) electrons. The lowest BCUT2D eigenvalue weighted by Crippen LogP contribution is -2.19. The molecule has 130 valence electrons. The van der Waals surface area contributed by atoms with Crippen molar-refractivity contribution in [2.24, 2.45) is 0 Å². The Morgan fingerprint density at radius 1 is 1.12 bits per heavy atom. The second-order valence-corrected chi connectivity index (χ2v) is 5.51. The zero-order valence-corrected chi connectivity index (χ0v) is 14.5. The van der Waals surface area contributed by atoms with Gasteiger partial charge in [0.05, 0.1) is 18.7 Å². The van der Waals surface area contributed by atoms with Gasteiger partial charge in [-0.2, -0.15) is 0 Å². The third kappa shape index (κ3) is 4.84. The molecule has 0 spiro atoms. The quantitative estimate of drug-likeness (QED) is 0.696. The molecule has 0 aliphatic heterocycles. The summed E-state index contributed by atoms with van der Waals surface area (Å²) in [5.41, 5.74) is 1.24. The van der Waals surface area contributed by atoms with Crippen LogP contribution in [0.15, 0.2) is 36.4 Å². The van der Waals surface area contributed by atoms with Gasteiger partial charge in [-0.1, -0.05) is 29.8 Å². The van der Waals surface area contributed by atoms with Gasteiger partial charge in [0.1, 0.15) is 12.4 Å². The Morgan fingerprint density at radius 2 is 1.92 bits per heavy atom. The summed E-state index contributed by atoms with van der Waals surface area (Å²) in [4.78, 5) is 0. The van der Waals surface area contributed by atoms with Crippen LogP contribution in [0.1, 0.15) is 11.1 Å². The number of rotatable bonds is 9. The van der Waals surface area contributed by atoms with Gasteiger partial charge in [0, 0.05) is 31.3 Å². The maximum atomic E-state index is 13.9. The van der Waals surface area contributed by atoms with Crippen LogP contribution in [0.2, 0.25) is 5.02 Å². The topological polar surface area (TPSA) is 39.7 Å². The van der Waals surface area contributed by atoms with Crippen LogP contribution in [0.25, 0.3) is 0 Å². The minimum absolute atomic E-state index is 0.0248. The van der Waals surface area contributed by atoms with Crippen molar-refractivity contribution in [2.45, 2.75) is 13.2 Å². The van der Waals surface area contributed by atoms with Gasteiger partial charge < -0.3 is 19.5 Å². The van der Waals surface area contributed by atoms with Crippen molar-refractivity contribution >= 4 is 11.6 Å². The largest absolute Gasteiger partial charge is 0.493 e. The first kappa shape index (κ1) is 18.5. The Hall–Kier alpha value is -1.82. The average Bonchev–Trinajstić information content (AvgIpc) is 2.59. The highest BCUT2D eigenvalue weighted by atomic mass is 35.5. The summed E-state index contributed by atoms with van der Waals surface area (Å²) in [6.07, 6.45) is 0. The number of hydrogen-bond donors (Lipinski definition) is 1. The summed E-state index contributed by atoms with van der Waals surface area (Å²) >= 11 is 6.05. The Kier molecular flexibility index (Phi) is 7.31. The van der Waals surface area contributed by atoms with Crippen LogP contribution >= 0.6 is 11.6 Å². The molecule has 6 heteroatoms. The van der Waals surface area contributed by atoms with Crippen molar-refractivity contribution in [1.29, 1.82) is 0 Å². The van der Waals surface area contributed by atoms with Crippen molar-refractivity contribution in [3.8, 4) is 11.5 Å². The third-order valence-electron chi connectivity index (χ3n) is 3.50. The maximum absolute atomic E-state index is 13.9. The van der Waals surface area contributed by atoms with Crippen molar-refractivity contribution in [3.63, 3.8) is 0 Å². The predicted octanol–water partition coefficient (Wildman–Crippen LogP) is 3.80. The van der Waals surface area contributed by atoms with E-state index in [2.05, 4.69) is 5.32 Å². The second-order valence-electron chi connectivity index (χ2n) is 5.11. The second kappa shape index (κ2) is 9.47. The van der Waals surface area contributed by atoms with Crippen molar-refractivity contribution in [1.82, 2.24) is 5.32 Å². The summed E-state index contributed by atoms with van der Waals surface area (Å²) < 4.78 is 30.1. The van der Waals surface area contributed by atoms with E-state index in [1.165, 1.54) is 6.07 Å². The lowest BCUT2D eigenvalue weighted by atomic mass is 10.1. The molecule has 4 nitrogen and oxygen atoms in total. The summed E-state index contributed by atoms with van der Waals surface area (Å²) in [5.74, 6) is 0.773. The summed E-state index contributed by atoms with van der Waals surface area (Å²) in [7, 11) is 3.22. The molecule has 0 aliphatic carbocycles. The molecule has 0 unspecified atom stereocenters. The summed E-state index contributed by atoms with van der Waals surface area (Å²) in [6.45, 7) is 1.94. The standard InChI is InChI=1S/C18H21ClFNO3/c1-22-10-9-21-11-13-5-3-8-17(23-2)18(13)24-12-14-15(19)6-4-7-16(14)20/h3-8,21H,9-12H2,1-2H3. The number of ether oxygens (including phenoxy) is 3. The molecule has 0 atom stereocenters. The summed E-state index contributed by atoms with van der Waals surface area (Å²) in [6, 6.07) is 10.2. The minimum atomic E-state index is -0.392. The first-order valence-corrected chi connectivity index (χ1v) is 7.96. The van der Waals surface area contributed by atoms with Crippen LogP contribution in [0.5, 0.6) is 11.5 Å². The Labute approximate surface area is 146 Å². The van der Waals surface area contributed by atoms with E-state index in [0.717, 1.165) is 5.56 Å². The highest BCUT2D eigenvalue weighted by molar-refractivity contribution is 6.31. The first-order valence-electron chi connectivity index (χ1n) is 7.58. The molecule has 0 aromatic heterocycles. The van der Waals surface area contributed by atoms with Gasteiger partial charge in [0.2, 0.25) is 0 Å². The van der Waals surface area contributed by atoms with Gasteiger partial charge in [-0.25, -0.2) is 4.39 Å². The predicted molar refractivity (Wildman–Crippen MR) is 92.3 cm³/mol.